The fraction of sp³-hybridized carbons (Fsp3) is 0.571. The molecule has 16 heavy (non-hydrogen) atoms. The summed E-state index contributed by atoms with van der Waals surface area (Å²) in [5.41, 5.74) is 8.74. The molecule has 0 aromatic heterocycles. The molecular weight excluding hydrogens is 198 g/mol. The minimum Gasteiger partial charge on any atom is -0.496 e. The largest absolute Gasteiger partial charge is 0.496 e. The Morgan fingerprint density at radius 2 is 2.06 bits per heavy atom. The lowest BCUT2D eigenvalue weighted by atomic mass is 9.90. The molecule has 0 radical (unpaired) electrons. The summed E-state index contributed by atoms with van der Waals surface area (Å²) in [6.45, 7) is 4.35. The van der Waals surface area contributed by atoms with Crippen molar-refractivity contribution in [3.05, 3.63) is 29.3 Å². The van der Waals surface area contributed by atoms with Crippen LogP contribution in [0.15, 0.2) is 18.2 Å². The molecule has 0 heterocycles. The Morgan fingerprint density at radius 1 is 1.38 bits per heavy atom. The van der Waals surface area contributed by atoms with E-state index in [0.717, 1.165) is 17.2 Å². The van der Waals surface area contributed by atoms with Crippen LogP contribution >= 0.6 is 0 Å². The van der Waals surface area contributed by atoms with Gasteiger partial charge in [0.25, 0.3) is 0 Å². The van der Waals surface area contributed by atoms with Crippen LogP contribution in [0.2, 0.25) is 0 Å². The molecule has 88 valence electrons. The third kappa shape index (κ3) is 2.22. The van der Waals surface area contributed by atoms with E-state index < -0.39 is 0 Å². The average Bonchev–Trinajstić information content (AvgIpc) is 3.11. The number of hydrogen-bond donors (Lipinski definition) is 1. The van der Waals surface area contributed by atoms with Crippen molar-refractivity contribution in [2.24, 2.45) is 17.6 Å². The number of ether oxygens (including phenoxy) is 1. The van der Waals surface area contributed by atoms with Gasteiger partial charge >= 0.3 is 0 Å². The summed E-state index contributed by atoms with van der Waals surface area (Å²) < 4.78 is 5.39. The summed E-state index contributed by atoms with van der Waals surface area (Å²) in [5, 5.41) is 0. The zero-order valence-electron chi connectivity index (χ0n) is 10.4. The second-order valence-corrected chi connectivity index (χ2v) is 4.97. The number of nitrogens with two attached hydrogens (primary N) is 1. The Balaban J connectivity index is 2.26. The lowest BCUT2D eigenvalue weighted by Gasteiger charge is -2.22. The molecule has 2 rings (SSSR count). The highest BCUT2D eigenvalue weighted by Gasteiger charge is 2.33. The molecule has 1 aliphatic carbocycles. The number of aryl methyl sites for hydroxylation is 1. The molecule has 1 fully saturated rings. The summed E-state index contributed by atoms with van der Waals surface area (Å²) in [7, 11) is 1.71. The van der Waals surface area contributed by atoms with Gasteiger partial charge < -0.3 is 10.5 Å². The van der Waals surface area contributed by atoms with Gasteiger partial charge in [0.1, 0.15) is 5.75 Å². The summed E-state index contributed by atoms with van der Waals surface area (Å²) in [4.78, 5) is 0. The van der Waals surface area contributed by atoms with Gasteiger partial charge in [-0.25, -0.2) is 0 Å². The molecule has 1 aromatic rings. The molecule has 2 heteroatoms. The SMILES string of the molecule is COc1ccc(C)cc1C(N)C(C)C1CC1. The van der Waals surface area contributed by atoms with Crippen molar-refractivity contribution >= 4 is 0 Å². The van der Waals surface area contributed by atoms with Crippen molar-refractivity contribution < 1.29 is 4.74 Å². The molecule has 2 atom stereocenters. The van der Waals surface area contributed by atoms with Gasteiger partial charge in [0.2, 0.25) is 0 Å². The second kappa shape index (κ2) is 4.46. The van der Waals surface area contributed by atoms with Gasteiger partial charge in [-0.05, 0) is 37.7 Å². The van der Waals surface area contributed by atoms with E-state index in [1.54, 1.807) is 7.11 Å². The molecule has 0 spiro atoms. The highest BCUT2D eigenvalue weighted by atomic mass is 16.5. The maximum Gasteiger partial charge on any atom is 0.123 e. The number of benzene rings is 1. The van der Waals surface area contributed by atoms with Gasteiger partial charge in [0.15, 0.2) is 0 Å². The van der Waals surface area contributed by atoms with E-state index in [9.17, 15) is 0 Å². The first-order valence-electron chi connectivity index (χ1n) is 6.03. The van der Waals surface area contributed by atoms with Crippen LogP contribution < -0.4 is 10.5 Å². The lowest BCUT2D eigenvalue weighted by Crippen LogP contribution is -2.21. The molecule has 2 unspecified atom stereocenters. The maximum absolute atomic E-state index is 6.34. The number of methoxy groups -OCH3 is 1. The normalized spacial score (nSPS) is 19.2. The van der Waals surface area contributed by atoms with E-state index in [2.05, 4.69) is 26.0 Å². The highest BCUT2D eigenvalue weighted by Crippen LogP contribution is 2.43. The van der Waals surface area contributed by atoms with Crippen LogP contribution in [-0.2, 0) is 0 Å². The Hall–Kier alpha value is -1.02. The van der Waals surface area contributed by atoms with Crippen molar-refractivity contribution in [3.8, 4) is 5.75 Å². The number of hydrogen-bond acceptors (Lipinski definition) is 2. The predicted octanol–water partition coefficient (Wildman–Crippen LogP) is 3.05. The summed E-state index contributed by atoms with van der Waals surface area (Å²) in [6, 6.07) is 6.34. The van der Waals surface area contributed by atoms with E-state index in [4.69, 9.17) is 10.5 Å². The molecule has 0 aliphatic heterocycles. The van der Waals surface area contributed by atoms with Crippen LogP contribution in [0.1, 0.15) is 36.9 Å². The fourth-order valence-electron chi connectivity index (χ4n) is 2.31. The van der Waals surface area contributed by atoms with Crippen molar-refractivity contribution in [2.75, 3.05) is 7.11 Å². The topological polar surface area (TPSA) is 35.2 Å². The van der Waals surface area contributed by atoms with Crippen LogP contribution in [0.5, 0.6) is 5.75 Å². The van der Waals surface area contributed by atoms with Gasteiger partial charge in [-0.2, -0.15) is 0 Å². The molecule has 1 aromatic carbocycles. The predicted molar refractivity (Wildman–Crippen MR) is 66.5 cm³/mol. The van der Waals surface area contributed by atoms with Crippen LogP contribution in [0.25, 0.3) is 0 Å². The molecule has 0 bridgehead atoms. The Bertz CT molecular complexity index is 371. The molecule has 1 aliphatic rings. The van der Waals surface area contributed by atoms with Gasteiger partial charge in [0.05, 0.1) is 7.11 Å². The molecule has 0 amide bonds. The Kier molecular flexibility index (Phi) is 3.20. The van der Waals surface area contributed by atoms with Gasteiger partial charge in [0, 0.05) is 11.6 Å². The van der Waals surface area contributed by atoms with Gasteiger partial charge in [-0.1, -0.05) is 24.6 Å². The van der Waals surface area contributed by atoms with Crippen molar-refractivity contribution in [1.29, 1.82) is 0 Å². The average molecular weight is 219 g/mol. The second-order valence-electron chi connectivity index (χ2n) is 4.97. The quantitative estimate of drug-likeness (QED) is 0.844. The van der Waals surface area contributed by atoms with Crippen LogP contribution in [0.3, 0.4) is 0 Å². The molecule has 0 saturated heterocycles. The summed E-state index contributed by atoms with van der Waals surface area (Å²) in [6.07, 6.45) is 2.67. The Morgan fingerprint density at radius 3 is 2.62 bits per heavy atom. The number of rotatable bonds is 4. The third-order valence-electron chi connectivity index (χ3n) is 3.68. The summed E-state index contributed by atoms with van der Waals surface area (Å²) in [5.74, 6) is 2.29. The van der Waals surface area contributed by atoms with Crippen LogP contribution in [0.4, 0.5) is 0 Å². The van der Waals surface area contributed by atoms with E-state index >= 15 is 0 Å². The van der Waals surface area contributed by atoms with Crippen LogP contribution in [-0.4, -0.2) is 7.11 Å². The van der Waals surface area contributed by atoms with Crippen LogP contribution in [0, 0.1) is 18.8 Å². The molecule has 1 saturated carbocycles. The third-order valence-corrected chi connectivity index (χ3v) is 3.68. The molecule has 2 N–H and O–H groups in total. The molecule has 2 nitrogen and oxygen atoms in total. The van der Waals surface area contributed by atoms with Gasteiger partial charge in [-0.3, -0.25) is 0 Å². The standard InChI is InChI=1S/C14H21NO/c1-9-4-7-13(16-3)12(8-9)14(15)10(2)11-5-6-11/h4,7-8,10-11,14H,5-6,15H2,1-3H3. The van der Waals surface area contributed by atoms with Crippen molar-refractivity contribution in [3.63, 3.8) is 0 Å². The summed E-state index contributed by atoms with van der Waals surface area (Å²) >= 11 is 0. The monoisotopic (exact) mass is 219 g/mol. The molecular formula is C14H21NO. The zero-order valence-corrected chi connectivity index (χ0v) is 10.4. The van der Waals surface area contributed by atoms with E-state index in [1.807, 2.05) is 6.07 Å². The highest BCUT2D eigenvalue weighted by molar-refractivity contribution is 5.39. The smallest absolute Gasteiger partial charge is 0.123 e. The minimum absolute atomic E-state index is 0.0994. The van der Waals surface area contributed by atoms with E-state index in [-0.39, 0.29) is 6.04 Å². The van der Waals surface area contributed by atoms with Crippen molar-refractivity contribution in [1.82, 2.24) is 0 Å². The Labute approximate surface area is 97.8 Å². The first-order valence-corrected chi connectivity index (χ1v) is 6.03. The van der Waals surface area contributed by atoms with E-state index in [1.165, 1.54) is 18.4 Å². The zero-order chi connectivity index (χ0) is 11.7. The fourth-order valence-corrected chi connectivity index (χ4v) is 2.31. The first kappa shape index (κ1) is 11.5. The first-order chi connectivity index (χ1) is 7.63. The minimum atomic E-state index is 0.0994. The van der Waals surface area contributed by atoms with E-state index in [0.29, 0.717) is 5.92 Å². The van der Waals surface area contributed by atoms with Gasteiger partial charge in [-0.15, -0.1) is 0 Å². The maximum atomic E-state index is 6.34. The van der Waals surface area contributed by atoms with Crippen molar-refractivity contribution in [2.45, 2.75) is 32.7 Å². The lowest BCUT2D eigenvalue weighted by molar-refractivity contribution is 0.376.